The van der Waals surface area contributed by atoms with E-state index in [9.17, 15) is 4.79 Å². The van der Waals surface area contributed by atoms with Crippen LogP contribution in [-0.4, -0.2) is 30.8 Å². The van der Waals surface area contributed by atoms with Crippen LogP contribution in [0, 0.1) is 6.92 Å². The van der Waals surface area contributed by atoms with Gasteiger partial charge in [0.1, 0.15) is 12.9 Å². The van der Waals surface area contributed by atoms with E-state index in [1.165, 1.54) is 11.0 Å². The predicted molar refractivity (Wildman–Crippen MR) is 55.3 cm³/mol. The van der Waals surface area contributed by atoms with Crippen molar-refractivity contribution in [2.24, 2.45) is 0 Å². The van der Waals surface area contributed by atoms with Crippen LogP contribution in [0.2, 0.25) is 0 Å². The highest BCUT2D eigenvalue weighted by Gasteiger charge is 2.07. The van der Waals surface area contributed by atoms with Gasteiger partial charge in [-0.15, -0.1) is 5.10 Å². The Balaban J connectivity index is 1.82. The third kappa shape index (κ3) is 3.00. The van der Waals surface area contributed by atoms with Gasteiger partial charge < -0.3 is 15.6 Å². The Kier molecular flexibility index (Phi) is 2.99. The molecule has 2 aromatic heterocycles. The Hall–Kier alpha value is -2.45. The van der Waals surface area contributed by atoms with Gasteiger partial charge in [-0.25, -0.2) is 9.67 Å². The van der Waals surface area contributed by atoms with Gasteiger partial charge in [0.05, 0.1) is 6.54 Å². The molecule has 0 saturated carbocycles. The fourth-order valence-electron chi connectivity index (χ4n) is 1.17. The fourth-order valence-corrected chi connectivity index (χ4v) is 1.17. The van der Waals surface area contributed by atoms with Crippen LogP contribution in [0.1, 0.15) is 11.7 Å². The van der Waals surface area contributed by atoms with Crippen molar-refractivity contribution in [3.05, 3.63) is 18.0 Å². The van der Waals surface area contributed by atoms with Crippen LogP contribution in [0.25, 0.3) is 0 Å². The second kappa shape index (κ2) is 4.60. The van der Waals surface area contributed by atoms with Crippen molar-refractivity contribution in [1.29, 1.82) is 0 Å². The van der Waals surface area contributed by atoms with E-state index in [0.717, 1.165) is 0 Å². The molecule has 0 radical (unpaired) electrons. The maximum atomic E-state index is 11.5. The van der Waals surface area contributed by atoms with Crippen molar-refractivity contribution < 1.29 is 9.32 Å². The molecule has 3 N–H and O–H groups in total. The van der Waals surface area contributed by atoms with Crippen molar-refractivity contribution in [3.8, 4) is 0 Å². The van der Waals surface area contributed by atoms with Crippen molar-refractivity contribution in [1.82, 2.24) is 30.2 Å². The number of aromatic nitrogens is 5. The molecule has 9 nitrogen and oxygen atoms in total. The highest BCUT2D eigenvalue weighted by atomic mass is 16.5. The van der Waals surface area contributed by atoms with Crippen LogP contribution in [0.5, 0.6) is 0 Å². The molecule has 0 aliphatic rings. The summed E-state index contributed by atoms with van der Waals surface area (Å²) in [6.45, 7) is 1.92. The molecule has 0 aromatic carbocycles. The summed E-state index contributed by atoms with van der Waals surface area (Å²) in [4.78, 5) is 19.1. The zero-order valence-electron chi connectivity index (χ0n) is 9.12. The van der Waals surface area contributed by atoms with Gasteiger partial charge in [0.15, 0.2) is 5.82 Å². The van der Waals surface area contributed by atoms with E-state index in [1.807, 2.05) is 0 Å². The highest BCUT2D eigenvalue weighted by molar-refractivity contribution is 5.75. The minimum atomic E-state index is -0.245. The Morgan fingerprint density at radius 1 is 1.65 bits per heavy atom. The first-order valence-corrected chi connectivity index (χ1v) is 4.84. The number of carbonyl (C=O) groups is 1. The lowest BCUT2D eigenvalue weighted by atomic mass is 10.5. The third-order valence-corrected chi connectivity index (χ3v) is 1.87. The molecule has 0 aliphatic heterocycles. The molecule has 0 aliphatic carbocycles. The fraction of sp³-hybridized carbons (Fsp3) is 0.375. The minimum Gasteiger partial charge on any atom is -0.367 e. The Bertz CT molecular complexity index is 517. The SMILES string of the molecule is Cc1noc(CNC(=O)Cn2cnc(N)n2)n1. The van der Waals surface area contributed by atoms with E-state index in [2.05, 4.69) is 25.5 Å². The van der Waals surface area contributed by atoms with Crippen LogP contribution in [-0.2, 0) is 17.9 Å². The molecule has 0 bridgehead atoms. The number of amides is 1. The van der Waals surface area contributed by atoms with Crippen LogP contribution in [0.4, 0.5) is 5.95 Å². The Labute approximate surface area is 96.0 Å². The summed E-state index contributed by atoms with van der Waals surface area (Å²) in [6, 6.07) is 0. The smallest absolute Gasteiger partial charge is 0.246 e. The number of nitrogens with two attached hydrogens (primary N) is 1. The molecule has 2 aromatic rings. The van der Waals surface area contributed by atoms with Crippen molar-refractivity contribution in [3.63, 3.8) is 0 Å². The van der Waals surface area contributed by atoms with Crippen molar-refractivity contribution in [2.45, 2.75) is 20.0 Å². The summed E-state index contributed by atoms with van der Waals surface area (Å²) in [5.74, 6) is 0.767. The highest BCUT2D eigenvalue weighted by Crippen LogP contribution is 1.95. The van der Waals surface area contributed by atoms with Gasteiger partial charge in [-0.1, -0.05) is 5.16 Å². The number of anilines is 1. The zero-order chi connectivity index (χ0) is 12.3. The van der Waals surface area contributed by atoms with Crippen LogP contribution >= 0.6 is 0 Å². The van der Waals surface area contributed by atoms with Crippen LogP contribution < -0.4 is 11.1 Å². The molecular formula is C8H11N7O2. The third-order valence-electron chi connectivity index (χ3n) is 1.87. The summed E-state index contributed by atoms with van der Waals surface area (Å²) in [6.07, 6.45) is 1.38. The van der Waals surface area contributed by atoms with E-state index in [1.54, 1.807) is 6.92 Å². The molecule has 90 valence electrons. The molecule has 2 rings (SSSR count). The molecule has 1 amide bonds. The summed E-state index contributed by atoms with van der Waals surface area (Å²) < 4.78 is 6.18. The summed E-state index contributed by atoms with van der Waals surface area (Å²) in [7, 11) is 0. The van der Waals surface area contributed by atoms with Gasteiger partial charge in [0.25, 0.3) is 0 Å². The molecule has 0 fully saturated rings. The first-order chi connectivity index (χ1) is 8.13. The first kappa shape index (κ1) is 11.0. The lowest BCUT2D eigenvalue weighted by Crippen LogP contribution is -2.27. The molecule has 2 heterocycles. The second-order valence-corrected chi connectivity index (χ2v) is 3.31. The lowest BCUT2D eigenvalue weighted by molar-refractivity contribution is -0.122. The average Bonchev–Trinajstić information content (AvgIpc) is 2.85. The number of carbonyl (C=O) groups excluding carboxylic acids is 1. The maximum Gasteiger partial charge on any atom is 0.246 e. The molecule has 0 saturated heterocycles. The Morgan fingerprint density at radius 3 is 3.06 bits per heavy atom. The maximum absolute atomic E-state index is 11.5. The van der Waals surface area contributed by atoms with E-state index in [4.69, 9.17) is 10.3 Å². The van der Waals surface area contributed by atoms with Gasteiger partial charge in [-0.05, 0) is 6.92 Å². The predicted octanol–water partition coefficient (Wildman–Crippen LogP) is -1.13. The van der Waals surface area contributed by atoms with E-state index >= 15 is 0 Å². The minimum absolute atomic E-state index is 0.0390. The topological polar surface area (TPSA) is 125 Å². The number of hydrogen-bond acceptors (Lipinski definition) is 7. The van der Waals surface area contributed by atoms with E-state index < -0.39 is 0 Å². The van der Waals surface area contributed by atoms with Crippen molar-refractivity contribution in [2.75, 3.05) is 5.73 Å². The van der Waals surface area contributed by atoms with E-state index in [-0.39, 0.29) is 24.9 Å². The van der Waals surface area contributed by atoms with E-state index in [0.29, 0.717) is 11.7 Å². The second-order valence-electron chi connectivity index (χ2n) is 3.31. The van der Waals surface area contributed by atoms with Gasteiger partial charge in [-0.2, -0.15) is 4.98 Å². The molecule has 0 spiro atoms. The molecule has 9 heteroatoms. The average molecular weight is 237 g/mol. The summed E-state index contributed by atoms with van der Waals surface area (Å²) in [5.41, 5.74) is 5.31. The number of nitrogen functional groups attached to an aromatic ring is 1. The number of aryl methyl sites for hydroxylation is 1. The monoisotopic (exact) mass is 237 g/mol. The largest absolute Gasteiger partial charge is 0.367 e. The Morgan fingerprint density at radius 2 is 2.47 bits per heavy atom. The summed E-state index contributed by atoms with van der Waals surface area (Å²) in [5, 5.41) is 9.99. The molecule has 17 heavy (non-hydrogen) atoms. The number of hydrogen-bond donors (Lipinski definition) is 2. The molecule has 0 unspecified atom stereocenters. The number of nitrogens with zero attached hydrogens (tertiary/aromatic N) is 5. The quantitative estimate of drug-likeness (QED) is 0.689. The summed E-state index contributed by atoms with van der Waals surface area (Å²) >= 11 is 0. The zero-order valence-corrected chi connectivity index (χ0v) is 9.12. The molecule has 0 atom stereocenters. The van der Waals surface area contributed by atoms with Crippen LogP contribution in [0.3, 0.4) is 0 Å². The van der Waals surface area contributed by atoms with Crippen LogP contribution in [0.15, 0.2) is 10.9 Å². The normalized spacial score (nSPS) is 10.4. The van der Waals surface area contributed by atoms with Crippen molar-refractivity contribution >= 4 is 11.9 Å². The van der Waals surface area contributed by atoms with Gasteiger partial charge in [0.2, 0.25) is 17.7 Å². The lowest BCUT2D eigenvalue weighted by Gasteiger charge is -2.01. The first-order valence-electron chi connectivity index (χ1n) is 4.84. The number of rotatable bonds is 4. The molecular weight excluding hydrogens is 226 g/mol. The van der Waals surface area contributed by atoms with Gasteiger partial charge in [-0.3, -0.25) is 4.79 Å². The van der Waals surface area contributed by atoms with Gasteiger partial charge in [0, 0.05) is 0 Å². The van der Waals surface area contributed by atoms with Gasteiger partial charge >= 0.3 is 0 Å². The number of nitrogens with one attached hydrogen (secondary N) is 1. The standard InChI is InChI=1S/C8H11N7O2/c1-5-12-7(17-14-5)2-10-6(16)3-15-4-11-8(9)13-15/h4H,2-3H2,1H3,(H2,9,13)(H,10,16).